The Hall–Kier alpha value is -3.21. The van der Waals surface area contributed by atoms with Crippen LogP contribution in [0.3, 0.4) is 0 Å². The van der Waals surface area contributed by atoms with Crippen molar-refractivity contribution in [1.82, 2.24) is 9.97 Å². The second-order valence-electron chi connectivity index (χ2n) is 6.13. The van der Waals surface area contributed by atoms with Crippen LogP contribution in [0.5, 0.6) is 0 Å². The molecule has 5 heteroatoms. The summed E-state index contributed by atoms with van der Waals surface area (Å²) in [4.78, 5) is 23.1. The lowest BCUT2D eigenvalue weighted by Gasteiger charge is -2.17. The topological polar surface area (TPSA) is 58.1 Å². The van der Waals surface area contributed by atoms with Gasteiger partial charge in [0.15, 0.2) is 0 Å². The van der Waals surface area contributed by atoms with Gasteiger partial charge >= 0.3 is 0 Å². The maximum absolute atomic E-state index is 12.7. The van der Waals surface area contributed by atoms with Gasteiger partial charge in [-0.2, -0.15) is 0 Å². The number of carbonyl (C=O) groups is 1. The van der Waals surface area contributed by atoms with Crippen molar-refractivity contribution in [3.05, 3.63) is 77.6 Å². The third kappa shape index (κ3) is 3.08. The van der Waals surface area contributed by atoms with E-state index in [1.807, 2.05) is 49.4 Å². The third-order valence-corrected chi connectivity index (χ3v) is 4.31. The van der Waals surface area contributed by atoms with Crippen LogP contribution in [0.15, 0.2) is 60.9 Å². The zero-order valence-corrected chi connectivity index (χ0v) is 13.9. The fourth-order valence-corrected chi connectivity index (χ4v) is 3.06. The number of benzene rings is 2. The number of fused-ring (bicyclic) bond motifs is 1. The summed E-state index contributed by atoms with van der Waals surface area (Å²) in [6.45, 7) is 2.73. The number of hydrogen-bond acceptors (Lipinski definition) is 4. The van der Waals surface area contributed by atoms with E-state index in [4.69, 9.17) is 0 Å². The van der Waals surface area contributed by atoms with Crippen LogP contribution < -0.4 is 10.2 Å². The molecule has 1 aliphatic rings. The summed E-state index contributed by atoms with van der Waals surface area (Å²) < 4.78 is 0. The fraction of sp³-hybridized carbons (Fsp3) is 0.150. The quantitative estimate of drug-likeness (QED) is 0.795. The van der Waals surface area contributed by atoms with Crippen molar-refractivity contribution < 1.29 is 4.79 Å². The highest BCUT2D eigenvalue weighted by molar-refractivity contribution is 6.07. The predicted octanol–water partition coefficient (Wildman–Crippen LogP) is 3.73. The molecule has 2 heterocycles. The molecule has 1 N–H and O–H groups in total. The summed E-state index contributed by atoms with van der Waals surface area (Å²) in [5.41, 5.74) is 4.76. The first-order valence-electron chi connectivity index (χ1n) is 8.26. The van der Waals surface area contributed by atoms with E-state index in [0.717, 1.165) is 23.4 Å². The van der Waals surface area contributed by atoms with Crippen LogP contribution in [-0.4, -0.2) is 22.4 Å². The standard InChI is InChI=1S/C20H18N4O/c1-14-5-4-7-17(11-14)23-20-21-12-16(13-22-20)19(25)24-10-9-15-6-2-3-8-18(15)24/h2-8,11-13H,9-10H2,1H3,(H,21,22,23). The van der Waals surface area contributed by atoms with Gasteiger partial charge in [0.25, 0.3) is 5.91 Å². The fourth-order valence-electron chi connectivity index (χ4n) is 3.06. The molecular weight excluding hydrogens is 312 g/mol. The second-order valence-corrected chi connectivity index (χ2v) is 6.13. The zero-order chi connectivity index (χ0) is 17.2. The summed E-state index contributed by atoms with van der Waals surface area (Å²) in [5.74, 6) is 0.413. The highest BCUT2D eigenvalue weighted by atomic mass is 16.2. The van der Waals surface area contributed by atoms with Gasteiger partial charge < -0.3 is 10.2 Å². The number of hydrogen-bond donors (Lipinski definition) is 1. The number of para-hydroxylation sites is 1. The molecule has 0 saturated carbocycles. The Kier molecular flexibility index (Phi) is 3.90. The molecule has 0 unspecified atom stereocenters. The van der Waals surface area contributed by atoms with Crippen molar-refractivity contribution in [2.75, 3.05) is 16.8 Å². The van der Waals surface area contributed by atoms with Crippen molar-refractivity contribution in [3.8, 4) is 0 Å². The molecular formula is C20H18N4O. The molecule has 0 saturated heterocycles. The molecule has 1 aromatic heterocycles. The molecule has 0 radical (unpaired) electrons. The summed E-state index contributed by atoms with van der Waals surface area (Å²) in [7, 11) is 0. The summed E-state index contributed by atoms with van der Waals surface area (Å²) in [5, 5.41) is 3.15. The Morgan fingerprint density at radius 3 is 2.68 bits per heavy atom. The zero-order valence-electron chi connectivity index (χ0n) is 13.9. The van der Waals surface area contributed by atoms with Gasteiger partial charge in [-0.1, -0.05) is 30.3 Å². The molecule has 0 bridgehead atoms. The van der Waals surface area contributed by atoms with Crippen LogP contribution in [0, 0.1) is 6.92 Å². The Balaban J connectivity index is 1.52. The van der Waals surface area contributed by atoms with Crippen LogP contribution in [0.2, 0.25) is 0 Å². The van der Waals surface area contributed by atoms with E-state index in [1.54, 1.807) is 17.3 Å². The minimum absolute atomic E-state index is 0.0629. The number of aryl methyl sites for hydroxylation is 1. The van der Waals surface area contributed by atoms with Gasteiger partial charge in [-0.3, -0.25) is 4.79 Å². The van der Waals surface area contributed by atoms with Crippen LogP contribution in [-0.2, 0) is 6.42 Å². The van der Waals surface area contributed by atoms with E-state index in [0.29, 0.717) is 18.1 Å². The van der Waals surface area contributed by atoms with Gasteiger partial charge in [-0.25, -0.2) is 9.97 Å². The molecule has 0 aliphatic carbocycles. The van der Waals surface area contributed by atoms with Crippen LogP contribution >= 0.6 is 0 Å². The Morgan fingerprint density at radius 2 is 1.88 bits per heavy atom. The number of anilines is 3. The minimum Gasteiger partial charge on any atom is -0.324 e. The molecule has 0 fully saturated rings. The van der Waals surface area contributed by atoms with Gasteiger partial charge in [-0.05, 0) is 42.7 Å². The Morgan fingerprint density at radius 1 is 1.08 bits per heavy atom. The van der Waals surface area contributed by atoms with Gasteiger partial charge in [-0.15, -0.1) is 0 Å². The van der Waals surface area contributed by atoms with E-state index < -0.39 is 0 Å². The monoisotopic (exact) mass is 330 g/mol. The molecule has 1 aliphatic heterocycles. The lowest BCUT2D eigenvalue weighted by Crippen LogP contribution is -2.29. The average Bonchev–Trinajstić information content (AvgIpc) is 3.06. The SMILES string of the molecule is Cc1cccc(Nc2ncc(C(=O)N3CCc4ccccc43)cn2)c1. The average molecular weight is 330 g/mol. The molecule has 25 heavy (non-hydrogen) atoms. The van der Waals surface area contributed by atoms with E-state index in [9.17, 15) is 4.79 Å². The van der Waals surface area contributed by atoms with Crippen molar-refractivity contribution in [2.45, 2.75) is 13.3 Å². The van der Waals surface area contributed by atoms with Crippen molar-refractivity contribution in [2.24, 2.45) is 0 Å². The molecule has 5 nitrogen and oxygen atoms in total. The Bertz CT molecular complexity index is 921. The summed E-state index contributed by atoms with van der Waals surface area (Å²) in [6, 6.07) is 16.0. The smallest absolute Gasteiger partial charge is 0.261 e. The van der Waals surface area contributed by atoms with E-state index in [-0.39, 0.29) is 5.91 Å². The van der Waals surface area contributed by atoms with Crippen LogP contribution in [0.1, 0.15) is 21.5 Å². The van der Waals surface area contributed by atoms with Gasteiger partial charge in [0.1, 0.15) is 0 Å². The highest BCUT2D eigenvalue weighted by Crippen LogP contribution is 2.28. The van der Waals surface area contributed by atoms with Gasteiger partial charge in [0, 0.05) is 30.3 Å². The summed E-state index contributed by atoms with van der Waals surface area (Å²) in [6.07, 6.45) is 4.04. The third-order valence-electron chi connectivity index (χ3n) is 4.31. The van der Waals surface area contributed by atoms with E-state index in [1.165, 1.54) is 5.56 Å². The van der Waals surface area contributed by atoms with E-state index >= 15 is 0 Å². The van der Waals surface area contributed by atoms with E-state index in [2.05, 4.69) is 21.4 Å². The molecule has 124 valence electrons. The highest BCUT2D eigenvalue weighted by Gasteiger charge is 2.25. The van der Waals surface area contributed by atoms with Crippen LogP contribution in [0.25, 0.3) is 0 Å². The predicted molar refractivity (Wildman–Crippen MR) is 98.3 cm³/mol. The molecule has 4 rings (SSSR count). The maximum Gasteiger partial charge on any atom is 0.261 e. The van der Waals surface area contributed by atoms with Crippen molar-refractivity contribution in [3.63, 3.8) is 0 Å². The first-order chi connectivity index (χ1) is 12.2. The molecule has 0 spiro atoms. The van der Waals surface area contributed by atoms with Crippen molar-refractivity contribution in [1.29, 1.82) is 0 Å². The number of aromatic nitrogens is 2. The Labute approximate surface area is 146 Å². The van der Waals surface area contributed by atoms with Gasteiger partial charge in [0.05, 0.1) is 5.56 Å². The first-order valence-corrected chi connectivity index (χ1v) is 8.26. The number of nitrogens with one attached hydrogen (secondary N) is 1. The summed E-state index contributed by atoms with van der Waals surface area (Å²) >= 11 is 0. The first kappa shape index (κ1) is 15.3. The van der Waals surface area contributed by atoms with Gasteiger partial charge in [0.2, 0.25) is 5.95 Å². The lowest BCUT2D eigenvalue weighted by atomic mass is 10.2. The number of carbonyl (C=O) groups excluding carboxylic acids is 1. The van der Waals surface area contributed by atoms with Crippen molar-refractivity contribution >= 4 is 23.2 Å². The molecule has 3 aromatic rings. The lowest BCUT2D eigenvalue weighted by molar-refractivity contribution is 0.0988. The molecule has 1 amide bonds. The van der Waals surface area contributed by atoms with Crippen LogP contribution in [0.4, 0.5) is 17.3 Å². The largest absolute Gasteiger partial charge is 0.324 e. The minimum atomic E-state index is -0.0629. The number of amides is 1. The molecule has 2 aromatic carbocycles. The number of nitrogens with zero attached hydrogens (tertiary/aromatic N) is 3. The molecule has 0 atom stereocenters. The number of rotatable bonds is 3. The normalized spacial score (nSPS) is 12.8. The second kappa shape index (κ2) is 6.36. The maximum atomic E-state index is 12.7.